The summed E-state index contributed by atoms with van der Waals surface area (Å²) in [5, 5.41) is 217. The number of aliphatic hydroxyl groups excluding tert-OH is 19. The molecule has 0 aromatic carbocycles. The third-order valence-corrected chi connectivity index (χ3v) is 23.0. The fourth-order valence-electron chi connectivity index (χ4n) is 15.8. The smallest absolute Gasteiger partial charge is 0.220 e. The molecule has 0 aliphatic carbocycles. The van der Waals surface area contributed by atoms with Crippen molar-refractivity contribution >= 4 is 11.8 Å². The van der Waals surface area contributed by atoms with E-state index in [0.29, 0.717) is 12.8 Å². The van der Waals surface area contributed by atoms with Gasteiger partial charge in [-0.1, -0.05) is 205 Å². The zero-order valence-electron chi connectivity index (χ0n) is 69.0. The molecule has 6 aliphatic rings. The number of allylic oxidation sites excluding steroid dienone is 3. The van der Waals surface area contributed by atoms with Crippen molar-refractivity contribution in [2.45, 2.75) is 435 Å². The first-order valence-electron chi connectivity index (χ1n) is 43.6. The van der Waals surface area contributed by atoms with E-state index in [9.17, 15) is 107 Å². The van der Waals surface area contributed by atoms with E-state index in [1.54, 1.807) is 6.08 Å². The predicted octanol–water partition coefficient (Wildman–Crippen LogP) is 0.329. The van der Waals surface area contributed by atoms with Gasteiger partial charge in [-0.15, -0.1) is 0 Å². The molecular weight excluding hydrogens is 1540 g/mol. The molecule has 6 rings (SSSR count). The van der Waals surface area contributed by atoms with Crippen molar-refractivity contribution in [1.29, 1.82) is 0 Å². The zero-order valence-corrected chi connectivity index (χ0v) is 69.0. The van der Waals surface area contributed by atoms with E-state index in [2.05, 4.69) is 36.6 Å². The summed E-state index contributed by atoms with van der Waals surface area (Å²) >= 11 is 0. The van der Waals surface area contributed by atoms with E-state index in [-0.39, 0.29) is 12.3 Å². The monoisotopic (exact) mass is 1690 g/mol. The number of amides is 2. The minimum absolute atomic E-state index is 0.181. The summed E-state index contributed by atoms with van der Waals surface area (Å²) in [7, 11) is 0. The van der Waals surface area contributed by atoms with Gasteiger partial charge in [-0.3, -0.25) is 9.59 Å². The summed E-state index contributed by atoms with van der Waals surface area (Å²) in [5.74, 6) is -1.09. The van der Waals surface area contributed by atoms with Gasteiger partial charge < -0.3 is 164 Å². The Morgan fingerprint density at radius 1 is 0.333 bits per heavy atom. The van der Waals surface area contributed by atoms with Crippen molar-refractivity contribution in [2.24, 2.45) is 0 Å². The molecule has 6 aliphatic heterocycles. The Hall–Kier alpha value is -2.82. The number of unbranched alkanes of at least 4 members (excludes halogenated alkanes) is 30. The maximum atomic E-state index is 13.6. The summed E-state index contributed by atoms with van der Waals surface area (Å²) in [4.78, 5) is 25.7. The lowest BCUT2D eigenvalue weighted by molar-refractivity contribution is -0.397. The van der Waals surface area contributed by atoms with Crippen LogP contribution < -0.4 is 10.6 Å². The second kappa shape index (κ2) is 56.9. The number of hydrogen-bond acceptors (Lipinski definition) is 33. The van der Waals surface area contributed by atoms with Crippen LogP contribution in [0.4, 0.5) is 0 Å². The fraction of sp³-hybridized carbons (Fsp3) is 0.927. The lowest BCUT2D eigenvalue weighted by atomic mass is 9.94. The van der Waals surface area contributed by atoms with Gasteiger partial charge >= 0.3 is 0 Å². The van der Waals surface area contributed by atoms with Crippen LogP contribution in [-0.4, -0.2) is 351 Å². The first-order valence-corrected chi connectivity index (χ1v) is 43.6. The number of carbonyl (C=O) groups is 2. The number of carbonyl (C=O) groups excluding carboxylic acids is 2. The molecule has 0 bridgehead atoms. The number of ether oxygens (including phenoxy) is 12. The van der Waals surface area contributed by atoms with E-state index in [1.807, 2.05) is 6.08 Å². The van der Waals surface area contributed by atoms with Crippen LogP contribution in [0.5, 0.6) is 0 Å². The first-order chi connectivity index (χ1) is 56.4. The molecule has 684 valence electrons. The van der Waals surface area contributed by atoms with Crippen molar-refractivity contribution in [2.75, 3.05) is 46.2 Å². The second-order valence-corrected chi connectivity index (χ2v) is 32.4. The Kier molecular flexibility index (Phi) is 50.1. The molecule has 0 aromatic heterocycles. The van der Waals surface area contributed by atoms with Crippen LogP contribution in [-0.2, 0) is 66.4 Å². The molecule has 21 N–H and O–H groups in total. The van der Waals surface area contributed by atoms with Gasteiger partial charge in [0, 0.05) is 13.3 Å². The highest BCUT2D eigenvalue weighted by Gasteiger charge is 2.58. The highest BCUT2D eigenvalue weighted by molar-refractivity contribution is 5.76. The summed E-state index contributed by atoms with van der Waals surface area (Å²) in [6, 6.07) is -2.66. The second-order valence-electron chi connectivity index (χ2n) is 32.4. The van der Waals surface area contributed by atoms with Gasteiger partial charge in [0.2, 0.25) is 11.8 Å². The van der Waals surface area contributed by atoms with Crippen LogP contribution in [0, 0.1) is 0 Å². The maximum Gasteiger partial charge on any atom is 0.220 e. The Bertz CT molecular complexity index is 2670. The Labute approximate surface area is 689 Å². The molecule has 0 aromatic rings. The predicted molar refractivity (Wildman–Crippen MR) is 419 cm³/mol. The van der Waals surface area contributed by atoms with Gasteiger partial charge in [-0.25, -0.2) is 0 Å². The third-order valence-electron chi connectivity index (χ3n) is 23.0. The normalized spacial score (nSPS) is 36.3. The summed E-state index contributed by atoms with van der Waals surface area (Å²) in [6.07, 6.45) is -10.9. The van der Waals surface area contributed by atoms with Gasteiger partial charge in [0.25, 0.3) is 0 Å². The lowest BCUT2D eigenvalue weighted by Crippen LogP contribution is -2.69. The number of aliphatic hydroxyl groups is 19. The molecule has 117 heavy (non-hydrogen) atoms. The average molecular weight is 1690 g/mol. The minimum atomic E-state index is -2.28. The van der Waals surface area contributed by atoms with Crippen LogP contribution >= 0.6 is 0 Å². The highest BCUT2D eigenvalue weighted by Crippen LogP contribution is 2.38. The van der Waals surface area contributed by atoms with Crippen molar-refractivity contribution in [3.8, 4) is 0 Å². The Morgan fingerprint density at radius 3 is 1.01 bits per heavy atom. The molecule has 12 unspecified atom stereocenters. The van der Waals surface area contributed by atoms with Crippen LogP contribution in [0.3, 0.4) is 0 Å². The van der Waals surface area contributed by atoms with E-state index in [4.69, 9.17) is 56.8 Å². The highest BCUT2D eigenvalue weighted by atomic mass is 16.8. The number of rotatable bonds is 58. The topological polar surface area (TPSA) is 553 Å². The molecule has 35 heteroatoms. The summed E-state index contributed by atoms with van der Waals surface area (Å²) in [6.45, 7) is -0.875. The average Bonchev–Trinajstić information content (AvgIpc) is 0.656. The Morgan fingerprint density at radius 2 is 0.632 bits per heavy atom. The van der Waals surface area contributed by atoms with E-state index >= 15 is 0 Å². The molecule has 0 spiro atoms. The quantitative estimate of drug-likeness (QED) is 0.0288. The van der Waals surface area contributed by atoms with E-state index < -0.39 is 248 Å². The summed E-state index contributed by atoms with van der Waals surface area (Å²) < 4.78 is 69.8. The molecule has 32 atom stereocenters. The Balaban J connectivity index is 1.01. The van der Waals surface area contributed by atoms with Gasteiger partial charge in [-0.05, 0) is 44.9 Å². The lowest BCUT2D eigenvalue weighted by Gasteiger charge is -2.50. The largest absolute Gasteiger partial charge is 0.394 e. The molecule has 6 fully saturated rings. The number of nitrogens with one attached hydrogen (secondary N) is 2. The molecule has 0 radical (unpaired) electrons. The van der Waals surface area contributed by atoms with Crippen LogP contribution in [0.25, 0.3) is 0 Å². The number of hydrogen-bond donors (Lipinski definition) is 21. The van der Waals surface area contributed by atoms with Crippen LogP contribution in [0.15, 0.2) is 24.3 Å². The van der Waals surface area contributed by atoms with Gasteiger partial charge in [0.15, 0.2) is 37.7 Å². The van der Waals surface area contributed by atoms with Crippen LogP contribution in [0.2, 0.25) is 0 Å². The first kappa shape index (κ1) is 103. The van der Waals surface area contributed by atoms with Crippen LogP contribution in [0.1, 0.15) is 239 Å². The molecule has 0 saturated carbocycles. The molecular formula is C82H148N2O33. The van der Waals surface area contributed by atoms with E-state index in [1.165, 1.54) is 148 Å². The summed E-state index contributed by atoms with van der Waals surface area (Å²) in [5.41, 5.74) is 0. The molecule has 35 nitrogen and oxygen atoms in total. The van der Waals surface area contributed by atoms with Crippen molar-refractivity contribution in [1.82, 2.24) is 10.6 Å². The third kappa shape index (κ3) is 32.9. The molecule has 6 heterocycles. The zero-order chi connectivity index (χ0) is 85.3. The molecule has 2 amide bonds. The molecule has 6 saturated heterocycles. The van der Waals surface area contributed by atoms with Crippen molar-refractivity contribution in [3.63, 3.8) is 0 Å². The SMILES string of the molecule is CCCCCCCC/C=C\CCCCCCCCCCCCCCCC(=O)N[C@@H](CO[C@@H]1OC(CO)[C@@H](O[C@@H]2OC(CO)[C@H](O[C@@H]3OC(CO)[C@H](O)[C@H](O[C@H]4OC(CO)[C@H](O)[C@H](O[C@H]5OC(CO)[C@H](O)[C@H](O[C@@H]6OC(CO)[C@H](O)[C@H](O)C6NC(C)=O)C5O)C4O)C3O)[C@H](O)C2O)[C@H](O)C1O)[C@H](O)/C=C/CCCCCCCCCCCCC. The van der Waals surface area contributed by atoms with Gasteiger partial charge in [-0.2, -0.15) is 0 Å². The van der Waals surface area contributed by atoms with Crippen molar-refractivity contribution < 1.29 is 163 Å². The minimum Gasteiger partial charge on any atom is -0.394 e. The maximum absolute atomic E-state index is 13.6. The van der Waals surface area contributed by atoms with Gasteiger partial charge in [0.1, 0.15) is 146 Å². The van der Waals surface area contributed by atoms with E-state index in [0.717, 1.165) is 58.3 Å². The fourth-order valence-corrected chi connectivity index (χ4v) is 15.8. The van der Waals surface area contributed by atoms with Crippen molar-refractivity contribution in [3.05, 3.63) is 24.3 Å². The standard InChI is InChI=1S/C82H148N2O33/c1-4-6-8-10-12-14-16-18-19-20-21-22-23-24-25-26-27-29-31-33-35-37-39-41-58(93)84-50(51(92)40-38-36-34-32-30-28-17-15-13-11-9-7-5-2)48-106-78-67(101)65(99)72(56(46-89)111-78)113-79-68(102)66(100)73(57(47-90)112-79)114-80-70(104)75(62(96)54(44-87)108-80)116-82-71(105)76(63(97)55(45-88)110-82)117-81-69(103)74(61(95)53(43-86)109-81)115-77-59(83-49(3)91)64(98)60(94)52(42-85)107-77/h18-19,38,40,50-57,59-82,85-90,92,94-105H,4-17,20-37,39,41-48H2,1-3H3,(H,83,91)(H,84,93)/b19-18-,40-38+/t50-,51+,52?,53?,54?,55?,56?,57?,59?,60-,61-,62-,63-,64+,65+,66+,67?,68?,69?,70?,71?,72+,73-,74-,75-,76-,77-,78+,79-,80-,81+,82+/m0/s1. The van der Waals surface area contributed by atoms with Gasteiger partial charge in [0.05, 0.1) is 58.4 Å².